The van der Waals surface area contributed by atoms with Crippen molar-refractivity contribution in [2.45, 2.75) is 18.2 Å². The number of rotatable bonds is 7. The summed E-state index contributed by atoms with van der Waals surface area (Å²) in [4.78, 5) is 24.1. The van der Waals surface area contributed by atoms with E-state index in [9.17, 15) is 9.00 Å². The molecule has 2 aromatic carbocycles. The van der Waals surface area contributed by atoms with Crippen LogP contribution in [-0.4, -0.2) is 51.6 Å². The number of nitrogens with one attached hydrogen (secondary N) is 1. The van der Waals surface area contributed by atoms with Gasteiger partial charge in [-0.2, -0.15) is 0 Å². The first-order valence-electron chi connectivity index (χ1n) is 11.2. The van der Waals surface area contributed by atoms with E-state index >= 15 is 0 Å². The molecule has 0 bridgehead atoms. The molecule has 0 saturated carbocycles. The summed E-state index contributed by atoms with van der Waals surface area (Å²) in [6, 6.07) is 12.4. The molecule has 1 amide bonds. The van der Waals surface area contributed by atoms with Crippen LogP contribution in [0.15, 0.2) is 64.2 Å². The molecular formula is C25H25N5O4S. The van der Waals surface area contributed by atoms with E-state index in [1.165, 1.54) is 6.20 Å². The summed E-state index contributed by atoms with van der Waals surface area (Å²) in [5, 5.41) is 3.51. The first-order valence-corrected chi connectivity index (χ1v) is 12.3. The lowest BCUT2D eigenvalue weighted by atomic mass is 10.1. The van der Waals surface area contributed by atoms with Crippen molar-refractivity contribution in [3.63, 3.8) is 0 Å². The maximum atomic E-state index is 13.0. The van der Waals surface area contributed by atoms with Crippen LogP contribution in [0.4, 0.5) is 11.6 Å². The van der Waals surface area contributed by atoms with Gasteiger partial charge < -0.3 is 19.4 Å². The summed E-state index contributed by atoms with van der Waals surface area (Å²) in [5.41, 5.74) is 0.894. The Labute approximate surface area is 205 Å². The Balaban J connectivity index is 1.39. The minimum absolute atomic E-state index is 0.338. The molecule has 2 aromatic heterocycles. The second-order valence-electron chi connectivity index (χ2n) is 8.46. The predicted octanol–water partition coefficient (Wildman–Crippen LogP) is 4.37. The fourth-order valence-corrected chi connectivity index (χ4v) is 4.86. The smallest absolute Gasteiger partial charge is 0.257 e. The molecule has 0 aliphatic carbocycles. The molecule has 1 atom stereocenters. The molecule has 1 N–H and O–H groups in total. The predicted molar refractivity (Wildman–Crippen MR) is 134 cm³/mol. The molecule has 1 aliphatic rings. The number of aromatic nitrogens is 2. The topological polar surface area (TPSA) is 101 Å². The Kier molecular flexibility index (Phi) is 6.23. The highest BCUT2D eigenvalue weighted by Gasteiger charge is 2.21. The Morgan fingerprint density at radius 3 is 2.51 bits per heavy atom. The van der Waals surface area contributed by atoms with E-state index in [0.29, 0.717) is 40.0 Å². The Morgan fingerprint density at radius 1 is 1.11 bits per heavy atom. The Hall–Kier alpha value is -3.76. The van der Waals surface area contributed by atoms with Gasteiger partial charge in [0.2, 0.25) is 0 Å². The molecule has 0 spiro atoms. The van der Waals surface area contributed by atoms with Gasteiger partial charge in [-0.15, -0.1) is 0 Å². The number of benzene rings is 2. The molecular weight excluding hydrogens is 466 g/mol. The van der Waals surface area contributed by atoms with Crippen LogP contribution >= 0.6 is 0 Å². The first-order chi connectivity index (χ1) is 16.9. The third-order valence-electron chi connectivity index (χ3n) is 5.63. The zero-order chi connectivity index (χ0) is 24.5. The van der Waals surface area contributed by atoms with Gasteiger partial charge in [0, 0.05) is 32.7 Å². The Bertz CT molecular complexity index is 1400. The van der Waals surface area contributed by atoms with Crippen LogP contribution in [0, 0.1) is 6.92 Å². The number of anilines is 2. The summed E-state index contributed by atoms with van der Waals surface area (Å²) in [6.45, 7) is 3.54. The number of ether oxygens (including phenoxy) is 1. The highest BCUT2D eigenvalue weighted by atomic mass is 32.2. The van der Waals surface area contributed by atoms with Crippen molar-refractivity contribution in [2.24, 2.45) is 0 Å². The summed E-state index contributed by atoms with van der Waals surface area (Å²) in [7, 11) is 2.58. The number of aryl methyl sites for hydroxylation is 1. The molecule has 9 nitrogen and oxygen atoms in total. The second kappa shape index (κ2) is 9.47. The van der Waals surface area contributed by atoms with Crippen molar-refractivity contribution < 1.29 is 18.2 Å². The number of furan rings is 1. The molecule has 35 heavy (non-hydrogen) atoms. The third kappa shape index (κ3) is 4.89. The molecule has 10 heteroatoms. The summed E-state index contributed by atoms with van der Waals surface area (Å²) in [5.74, 6) is 2.41. The number of nitrogens with zero attached hydrogens (tertiary/aromatic N) is 4. The average Bonchev–Trinajstić information content (AvgIpc) is 3.19. The van der Waals surface area contributed by atoms with Crippen LogP contribution in [0.2, 0.25) is 0 Å². The van der Waals surface area contributed by atoms with Gasteiger partial charge in [0.15, 0.2) is 5.82 Å². The van der Waals surface area contributed by atoms with Crippen molar-refractivity contribution in [2.75, 3.05) is 37.4 Å². The molecule has 180 valence electrons. The molecule has 1 saturated heterocycles. The first kappa shape index (κ1) is 23.0. The van der Waals surface area contributed by atoms with Crippen LogP contribution in [0.3, 0.4) is 0 Å². The van der Waals surface area contributed by atoms with Gasteiger partial charge >= 0.3 is 0 Å². The SMILES string of the molecule is Cc1cc2c(Oc3ccc(S(=O)N4CCC4)cc3)cc(C(=O)Nc3cnc(N(C)C)cn3)cc2o1. The lowest BCUT2D eigenvalue weighted by Gasteiger charge is -2.28. The minimum atomic E-state index is -1.15. The lowest BCUT2D eigenvalue weighted by molar-refractivity contribution is 0.102. The van der Waals surface area contributed by atoms with Crippen molar-refractivity contribution >= 4 is 39.5 Å². The largest absolute Gasteiger partial charge is 0.461 e. The zero-order valence-corrected chi connectivity index (χ0v) is 20.5. The lowest BCUT2D eigenvalue weighted by Crippen LogP contribution is -2.38. The van der Waals surface area contributed by atoms with Gasteiger partial charge in [0.05, 0.1) is 22.7 Å². The number of carbonyl (C=O) groups is 1. The zero-order valence-electron chi connectivity index (χ0n) is 19.6. The molecule has 1 fully saturated rings. The van der Waals surface area contributed by atoms with Crippen LogP contribution in [0.25, 0.3) is 11.0 Å². The van der Waals surface area contributed by atoms with E-state index in [4.69, 9.17) is 9.15 Å². The highest BCUT2D eigenvalue weighted by Crippen LogP contribution is 2.34. The van der Waals surface area contributed by atoms with Gasteiger partial charge in [-0.1, -0.05) is 0 Å². The maximum Gasteiger partial charge on any atom is 0.257 e. The van der Waals surface area contributed by atoms with Crippen molar-refractivity contribution in [1.82, 2.24) is 14.3 Å². The van der Waals surface area contributed by atoms with Crippen LogP contribution in [0.5, 0.6) is 11.5 Å². The summed E-state index contributed by atoms with van der Waals surface area (Å²) >= 11 is 0. The fourth-order valence-electron chi connectivity index (χ4n) is 3.61. The summed E-state index contributed by atoms with van der Waals surface area (Å²) < 4.78 is 26.4. The van der Waals surface area contributed by atoms with Gasteiger partial charge in [0.1, 0.15) is 39.6 Å². The van der Waals surface area contributed by atoms with Gasteiger partial charge in [-0.25, -0.2) is 18.5 Å². The van der Waals surface area contributed by atoms with Crippen molar-refractivity contribution in [3.8, 4) is 11.5 Å². The van der Waals surface area contributed by atoms with E-state index < -0.39 is 11.0 Å². The number of hydrogen-bond acceptors (Lipinski definition) is 7. The number of fused-ring (bicyclic) bond motifs is 1. The average molecular weight is 492 g/mol. The number of carbonyl (C=O) groups excluding carboxylic acids is 1. The van der Waals surface area contributed by atoms with E-state index in [-0.39, 0.29) is 5.91 Å². The minimum Gasteiger partial charge on any atom is -0.461 e. The maximum absolute atomic E-state index is 13.0. The van der Waals surface area contributed by atoms with Crippen molar-refractivity contribution in [1.29, 1.82) is 0 Å². The summed E-state index contributed by atoms with van der Waals surface area (Å²) in [6.07, 6.45) is 4.17. The molecule has 3 heterocycles. The van der Waals surface area contributed by atoms with E-state index in [0.717, 1.165) is 29.8 Å². The molecule has 4 aromatic rings. The van der Waals surface area contributed by atoms with Gasteiger partial charge in [-0.3, -0.25) is 4.79 Å². The van der Waals surface area contributed by atoms with E-state index in [2.05, 4.69) is 15.3 Å². The molecule has 0 radical (unpaired) electrons. The van der Waals surface area contributed by atoms with E-state index in [1.54, 1.807) is 42.6 Å². The Morgan fingerprint density at radius 2 is 1.89 bits per heavy atom. The van der Waals surface area contributed by atoms with E-state index in [1.807, 2.05) is 36.3 Å². The van der Waals surface area contributed by atoms with Crippen LogP contribution in [-0.2, 0) is 11.0 Å². The quantitative estimate of drug-likeness (QED) is 0.410. The molecule has 1 unspecified atom stereocenters. The standard InChI is InChI=1S/C25H25N5O4S/c1-16-11-20-21(33-16)12-17(25(31)28-23-14-27-24(15-26-23)29(2)3)13-22(20)34-18-5-7-19(8-6-18)35(32)30-9-4-10-30/h5-8,11-15H,4,9-10H2,1-3H3,(H,26,28,31). The van der Waals surface area contributed by atoms with Gasteiger partial charge in [-0.05, 0) is 55.8 Å². The fraction of sp³-hybridized carbons (Fsp3) is 0.240. The third-order valence-corrected chi connectivity index (χ3v) is 7.14. The second-order valence-corrected chi connectivity index (χ2v) is 9.94. The molecule has 1 aliphatic heterocycles. The normalized spacial score (nSPS) is 14.4. The highest BCUT2D eigenvalue weighted by molar-refractivity contribution is 7.82. The molecule has 5 rings (SSSR count). The van der Waals surface area contributed by atoms with Crippen LogP contribution in [0.1, 0.15) is 22.5 Å². The van der Waals surface area contributed by atoms with Crippen LogP contribution < -0.4 is 15.0 Å². The van der Waals surface area contributed by atoms with Crippen molar-refractivity contribution in [3.05, 3.63) is 66.2 Å². The monoisotopic (exact) mass is 491 g/mol. The van der Waals surface area contributed by atoms with Gasteiger partial charge in [0.25, 0.3) is 5.91 Å². The number of amides is 1. The number of hydrogen-bond donors (Lipinski definition) is 1.